The van der Waals surface area contributed by atoms with Crippen LogP contribution in [0.2, 0.25) is 0 Å². The molecule has 0 bridgehead atoms. The average Bonchev–Trinajstić information content (AvgIpc) is 2.58. The number of nitrogens with one attached hydrogen (secondary N) is 2. The van der Waals surface area contributed by atoms with E-state index >= 15 is 0 Å². The minimum Gasteiger partial charge on any atom is -0.368 e. The third kappa shape index (κ3) is 2.11. The summed E-state index contributed by atoms with van der Waals surface area (Å²) in [6.45, 7) is 1.49. The van der Waals surface area contributed by atoms with Crippen LogP contribution in [-0.2, 0) is 9.59 Å². The number of imide groups is 1. The molecule has 1 aliphatic rings. The van der Waals surface area contributed by atoms with Crippen molar-refractivity contribution < 1.29 is 18.4 Å². The largest absolute Gasteiger partial charge is 0.368 e. The number of hydrogen-bond donors (Lipinski definition) is 2. The summed E-state index contributed by atoms with van der Waals surface area (Å²) in [5.74, 6) is -2.58. The Morgan fingerprint density at radius 3 is 2.65 bits per heavy atom. The van der Waals surface area contributed by atoms with Gasteiger partial charge in [-0.2, -0.15) is 0 Å². The van der Waals surface area contributed by atoms with Gasteiger partial charge in [-0.05, 0) is 18.6 Å². The normalized spacial score (nSPS) is 19.4. The van der Waals surface area contributed by atoms with Crippen molar-refractivity contribution >= 4 is 17.5 Å². The van der Waals surface area contributed by atoms with E-state index in [0.717, 1.165) is 6.07 Å². The van der Waals surface area contributed by atoms with Crippen LogP contribution in [0.5, 0.6) is 0 Å². The van der Waals surface area contributed by atoms with Gasteiger partial charge in [0.05, 0.1) is 6.42 Å². The molecule has 1 atom stereocenters. The highest BCUT2D eigenvalue weighted by Gasteiger charge is 2.31. The predicted molar refractivity (Wildman–Crippen MR) is 56.3 cm³/mol. The summed E-state index contributed by atoms with van der Waals surface area (Å²) in [7, 11) is 0. The number of aryl methyl sites for hydroxylation is 1. The van der Waals surface area contributed by atoms with Crippen LogP contribution in [-0.4, -0.2) is 17.9 Å². The lowest BCUT2D eigenvalue weighted by atomic mass is 10.1. The molecule has 2 rings (SSSR count). The van der Waals surface area contributed by atoms with E-state index in [4.69, 9.17) is 0 Å². The van der Waals surface area contributed by atoms with Crippen LogP contribution in [0.4, 0.5) is 14.5 Å². The van der Waals surface area contributed by atoms with Gasteiger partial charge in [0.25, 0.3) is 0 Å². The number of carbonyl (C=O) groups is 2. The molecular weight excluding hydrogens is 230 g/mol. The molecule has 6 heteroatoms. The number of halogens is 2. The molecule has 1 unspecified atom stereocenters. The van der Waals surface area contributed by atoms with E-state index in [9.17, 15) is 18.4 Å². The summed E-state index contributed by atoms with van der Waals surface area (Å²) >= 11 is 0. The Morgan fingerprint density at radius 2 is 2.06 bits per heavy atom. The van der Waals surface area contributed by atoms with Gasteiger partial charge in [0.15, 0.2) is 5.82 Å². The maximum absolute atomic E-state index is 13.6. The monoisotopic (exact) mass is 240 g/mol. The Balaban J connectivity index is 2.27. The van der Waals surface area contributed by atoms with Gasteiger partial charge in [0, 0.05) is 0 Å². The number of benzene rings is 1. The molecule has 1 aliphatic heterocycles. The lowest BCUT2D eigenvalue weighted by Crippen LogP contribution is -2.30. The Bertz CT molecular complexity index is 502. The molecule has 0 radical (unpaired) electrons. The standard InChI is InChI=1S/C11H10F2N2O2/c1-5-2-3-6(12)10(9(5)13)14-7-4-8(16)15-11(7)17/h2-3,7,14H,4H2,1H3,(H,15,16,17). The summed E-state index contributed by atoms with van der Waals surface area (Å²) in [4.78, 5) is 22.2. The quantitative estimate of drug-likeness (QED) is 0.761. The average molecular weight is 240 g/mol. The van der Waals surface area contributed by atoms with E-state index in [1.807, 2.05) is 0 Å². The number of rotatable bonds is 2. The fraction of sp³-hybridized carbons (Fsp3) is 0.273. The van der Waals surface area contributed by atoms with E-state index in [0.29, 0.717) is 0 Å². The highest BCUT2D eigenvalue weighted by molar-refractivity contribution is 6.06. The Morgan fingerprint density at radius 1 is 1.35 bits per heavy atom. The van der Waals surface area contributed by atoms with Gasteiger partial charge in [-0.3, -0.25) is 14.9 Å². The Hall–Kier alpha value is -1.98. The van der Waals surface area contributed by atoms with E-state index in [1.54, 1.807) is 0 Å². The van der Waals surface area contributed by atoms with E-state index in [1.165, 1.54) is 13.0 Å². The number of anilines is 1. The van der Waals surface area contributed by atoms with Crippen LogP contribution >= 0.6 is 0 Å². The topological polar surface area (TPSA) is 58.2 Å². The molecule has 4 nitrogen and oxygen atoms in total. The number of carbonyl (C=O) groups excluding carboxylic acids is 2. The molecule has 0 saturated carbocycles. The van der Waals surface area contributed by atoms with Crippen molar-refractivity contribution in [2.45, 2.75) is 19.4 Å². The second-order valence-corrected chi connectivity index (χ2v) is 3.87. The van der Waals surface area contributed by atoms with Crippen molar-refractivity contribution in [2.24, 2.45) is 0 Å². The first-order chi connectivity index (χ1) is 7.99. The molecule has 1 aromatic carbocycles. The van der Waals surface area contributed by atoms with Gasteiger partial charge < -0.3 is 5.32 Å². The first-order valence-electron chi connectivity index (χ1n) is 5.04. The van der Waals surface area contributed by atoms with E-state index in [-0.39, 0.29) is 17.7 Å². The number of hydrogen-bond acceptors (Lipinski definition) is 3. The molecular formula is C11H10F2N2O2. The summed E-state index contributed by atoms with van der Waals surface area (Å²) in [5, 5.41) is 4.47. The highest BCUT2D eigenvalue weighted by Crippen LogP contribution is 2.23. The van der Waals surface area contributed by atoms with Crippen LogP contribution < -0.4 is 10.6 Å². The van der Waals surface area contributed by atoms with Crippen LogP contribution in [0.15, 0.2) is 12.1 Å². The summed E-state index contributed by atoms with van der Waals surface area (Å²) in [6, 6.07) is 1.49. The Labute approximate surface area is 96.0 Å². The summed E-state index contributed by atoms with van der Waals surface area (Å²) < 4.78 is 27.0. The molecule has 1 saturated heterocycles. The zero-order chi connectivity index (χ0) is 12.6. The molecule has 2 N–H and O–H groups in total. The Kier molecular flexibility index (Phi) is 2.79. The lowest BCUT2D eigenvalue weighted by Gasteiger charge is -2.13. The van der Waals surface area contributed by atoms with Crippen molar-refractivity contribution in [1.29, 1.82) is 0 Å². The van der Waals surface area contributed by atoms with Gasteiger partial charge in [-0.1, -0.05) is 6.07 Å². The third-order valence-electron chi connectivity index (χ3n) is 2.57. The van der Waals surface area contributed by atoms with Gasteiger partial charge >= 0.3 is 0 Å². The SMILES string of the molecule is Cc1ccc(F)c(NC2CC(=O)NC2=O)c1F. The zero-order valence-electron chi connectivity index (χ0n) is 9.01. The maximum atomic E-state index is 13.6. The van der Waals surface area contributed by atoms with Gasteiger partial charge in [-0.25, -0.2) is 8.78 Å². The second kappa shape index (κ2) is 4.12. The van der Waals surface area contributed by atoms with Gasteiger partial charge in [0.2, 0.25) is 11.8 Å². The van der Waals surface area contributed by atoms with Crippen molar-refractivity contribution in [3.8, 4) is 0 Å². The first kappa shape index (κ1) is 11.5. The minimum absolute atomic E-state index is 0.119. The molecule has 1 fully saturated rings. The van der Waals surface area contributed by atoms with E-state index in [2.05, 4.69) is 10.6 Å². The van der Waals surface area contributed by atoms with Gasteiger partial charge in [0.1, 0.15) is 17.5 Å². The highest BCUT2D eigenvalue weighted by atomic mass is 19.1. The fourth-order valence-electron chi connectivity index (χ4n) is 1.63. The predicted octanol–water partition coefficient (Wildman–Crippen LogP) is 1.10. The molecule has 1 heterocycles. The van der Waals surface area contributed by atoms with E-state index < -0.39 is 29.5 Å². The second-order valence-electron chi connectivity index (χ2n) is 3.87. The van der Waals surface area contributed by atoms with Crippen LogP contribution in [0, 0.1) is 18.6 Å². The third-order valence-corrected chi connectivity index (χ3v) is 2.57. The van der Waals surface area contributed by atoms with Crippen molar-refractivity contribution in [1.82, 2.24) is 5.32 Å². The van der Waals surface area contributed by atoms with Crippen molar-refractivity contribution in [3.63, 3.8) is 0 Å². The summed E-state index contributed by atoms with van der Waals surface area (Å²) in [5.41, 5.74) is -0.113. The minimum atomic E-state index is -0.923. The smallest absolute Gasteiger partial charge is 0.249 e. The molecule has 2 amide bonds. The first-order valence-corrected chi connectivity index (χ1v) is 5.04. The van der Waals surface area contributed by atoms with Crippen LogP contribution in [0.25, 0.3) is 0 Å². The van der Waals surface area contributed by atoms with Crippen molar-refractivity contribution in [2.75, 3.05) is 5.32 Å². The number of amides is 2. The van der Waals surface area contributed by atoms with Crippen LogP contribution in [0.3, 0.4) is 0 Å². The maximum Gasteiger partial charge on any atom is 0.249 e. The molecule has 0 aromatic heterocycles. The van der Waals surface area contributed by atoms with Crippen LogP contribution in [0.1, 0.15) is 12.0 Å². The lowest BCUT2D eigenvalue weighted by molar-refractivity contribution is -0.124. The fourth-order valence-corrected chi connectivity index (χ4v) is 1.63. The zero-order valence-corrected chi connectivity index (χ0v) is 9.01. The molecule has 17 heavy (non-hydrogen) atoms. The summed E-state index contributed by atoms with van der Waals surface area (Å²) in [6.07, 6.45) is -0.119. The molecule has 1 aromatic rings. The molecule has 0 aliphatic carbocycles. The molecule has 0 spiro atoms. The molecule has 90 valence electrons. The van der Waals surface area contributed by atoms with Gasteiger partial charge in [-0.15, -0.1) is 0 Å². The van der Waals surface area contributed by atoms with Crippen molar-refractivity contribution in [3.05, 3.63) is 29.3 Å².